The molecule has 622 valence electrons. The van der Waals surface area contributed by atoms with Gasteiger partial charge in [-0.2, -0.15) is 0 Å². The summed E-state index contributed by atoms with van der Waals surface area (Å²) in [5, 5.41) is 20.7. The lowest BCUT2D eigenvalue weighted by Gasteiger charge is -2.21. The quantitative estimate of drug-likeness (QED) is 0.0146. The SMILES string of the molecule is CC/C=C\C/C=C\C/C=C\C/C=C\C/C=C\C/C=C\CCCCCCCCC(=O)OCC(COP(=O)(O)OCC(O)COP(=O)(O)OCC(O)COC(=O)CCCCCCCCCCCCCCC/C=C\C/C=C\C/C=C\C/C=C\CCCCC)OC(=O)CCCCCCCC/C=C\C/C=C\C/C=C\C/C=C\CC. The highest BCUT2D eigenvalue weighted by molar-refractivity contribution is 7.47. The van der Waals surface area contributed by atoms with E-state index in [9.17, 15) is 43.5 Å². The van der Waals surface area contributed by atoms with Crippen LogP contribution < -0.4 is 0 Å². The fraction of sp³-hybridized carbons (Fsp3) is 0.659. The fourth-order valence-electron chi connectivity index (χ4n) is 11.0. The molecule has 0 aliphatic heterocycles. The van der Waals surface area contributed by atoms with Gasteiger partial charge in [-0.15, -0.1) is 0 Å². The van der Waals surface area contributed by atoms with Crippen molar-refractivity contribution in [1.82, 2.24) is 0 Å². The van der Waals surface area contributed by atoms with Crippen LogP contribution in [0, 0.1) is 0 Å². The van der Waals surface area contributed by atoms with E-state index < -0.39 is 91.5 Å². The first-order valence-electron chi connectivity index (χ1n) is 42.4. The van der Waals surface area contributed by atoms with E-state index in [2.05, 4.69) is 191 Å². The predicted molar refractivity (Wildman–Crippen MR) is 454 cm³/mol. The summed E-state index contributed by atoms with van der Waals surface area (Å²) in [6.45, 7) is 2.40. The maximum absolute atomic E-state index is 13.0. The molecular weight excluding hydrogens is 1410 g/mol. The summed E-state index contributed by atoms with van der Waals surface area (Å²) in [6, 6.07) is 0. The summed E-state index contributed by atoms with van der Waals surface area (Å²) in [6.07, 6.45) is 105. The molecule has 16 nitrogen and oxygen atoms in total. The van der Waals surface area contributed by atoms with Gasteiger partial charge < -0.3 is 34.2 Å². The molecule has 5 atom stereocenters. The number of ether oxygens (including phenoxy) is 3. The second kappa shape index (κ2) is 82.4. The molecule has 0 aromatic carbocycles. The molecule has 0 saturated carbocycles. The van der Waals surface area contributed by atoms with E-state index in [0.29, 0.717) is 19.3 Å². The number of phosphoric ester groups is 2. The Labute approximate surface area is 662 Å². The molecule has 0 aromatic rings. The third kappa shape index (κ3) is 83.7. The van der Waals surface area contributed by atoms with Crippen molar-refractivity contribution in [2.75, 3.05) is 39.6 Å². The van der Waals surface area contributed by atoms with E-state index in [1.165, 1.54) is 83.5 Å². The Bertz CT molecular complexity index is 2660. The van der Waals surface area contributed by atoms with Crippen LogP contribution in [0.5, 0.6) is 0 Å². The Hall–Kier alpha value is -5.09. The van der Waals surface area contributed by atoms with E-state index >= 15 is 0 Å². The molecule has 0 aromatic heterocycles. The number of hydrogen-bond acceptors (Lipinski definition) is 14. The molecule has 5 unspecified atom stereocenters. The molecule has 0 amide bonds. The van der Waals surface area contributed by atoms with Gasteiger partial charge in [-0.05, 0) is 154 Å². The second-order valence-corrected chi connectivity index (χ2v) is 30.8. The number of rotatable bonds is 79. The van der Waals surface area contributed by atoms with E-state index in [1.807, 2.05) is 0 Å². The molecule has 18 heteroatoms. The summed E-state index contributed by atoms with van der Waals surface area (Å²) in [4.78, 5) is 58.8. The first-order chi connectivity index (χ1) is 53.2. The van der Waals surface area contributed by atoms with Gasteiger partial charge >= 0.3 is 33.6 Å². The molecule has 0 aliphatic carbocycles. The van der Waals surface area contributed by atoms with Gasteiger partial charge in [-0.25, -0.2) is 9.13 Å². The zero-order chi connectivity index (χ0) is 79.4. The average molecular weight is 1560 g/mol. The highest BCUT2D eigenvalue weighted by atomic mass is 31.2. The van der Waals surface area contributed by atoms with E-state index in [4.69, 9.17) is 32.3 Å². The van der Waals surface area contributed by atoms with Crippen LogP contribution in [-0.4, -0.2) is 95.9 Å². The van der Waals surface area contributed by atoms with Gasteiger partial charge in [0.05, 0.1) is 26.4 Å². The van der Waals surface area contributed by atoms with E-state index in [-0.39, 0.29) is 19.3 Å². The van der Waals surface area contributed by atoms with Gasteiger partial charge in [0, 0.05) is 19.3 Å². The topological polar surface area (TPSA) is 231 Å². The zero-order valence-electron chi connectivity index (χ0n) is 68.2. The Morgan fingerprint density at radius 2 is 0.486 bits per heavy atom. The fourth-order valence-corrected chi connectivity index (χ4v) is 12.6. The van der Waals surface area contributed by atoms with Crippen LogP contribution in [0.2, 0.25) is 0 Å². The summed E-state index contributed by atoms with van der Waals surface area (Å²) in [7, 11) is -9.82. The number of esters is 3. The number of hydrogen-bond donors (Lipinski definition) is 4. The van der Waals surface area contributed by atoms with Crippen molar-refractivity contribution < 1.29 is 75.8 Å². The first kappa shape index (κ1) is 104. The second-order valence-electron chi connectivity index (χ2n) is 27.9. The lowest BCUT2D eigenvalue weighted by atomic mass is 10.0. The minimum absolute atomic E-state index is 0.0787. The number of aliphatic hydroxyl groups excluding tert-OH is 2. The molecule has 0 spiro atoms. The molecule has 4 N–H and O–H groups in total. The Kier molecular flexibility index (Phi) is 78.5. The Balaban J connectivity index is 4.64. The van der Waals surface area contributed by atoms with Crippen molar-refractivity contribution in [3.63, 3.8) is 0 Å². The third-order valence-electron chi connectivity index (χ3n) is 17.4. The number of aliphatic hydroxyl groups is 2. The molecule has 0 radical (unpaired) electrons. The summed E-state index contributed by atoms with van der Waals surface area (Å²) < 4.78 is 61.3. The van der Waals surface area contributed by atoms with Crippen molar-refractivity contribution in [2.24, 2.45) is 0 Å². The van der Waals surface area contributed by atoms with Crippen LogP contribution in [0.3, 0.4) is 0 Å². The molecule has 109 heavy (non-hydrogen) atoms. The summed E-state index contributed by atoms with van der Waals surface area (Å²) >= 11 is 0. The molecule has 0 heterocycles. The molecular formula is C91H152O16P2. The van der Waals surface area contributed by atoms with Gasteiger partial charge in [-0.3, -0.25) is 32.5 Å². The standard InChI is InChI=1S/C91H152O16P2/c1-4-7-10-13-16-19-22-25-28-31-34-36-38-40-41-42-43-45-47-48-51-53-56-59-62-65-68-71-74-77-89(94)101-80-86(92)81-103-108(97,98)104-82-87(93)83-105-109(99,100)106-85-88(107-91(96)79-76-73-70-67-64-61-58-55-50-33-30-27-24-21-18-15-12-9-6-3)84-102-90(95)78-75-72-69-66-63-60-57-54-52-49-46-44-39-37-35-32-29-26-23-20-17-14-11-8-5-2/h8-9,11-12,16-21,25-30,34-37,40-41,44,46,50,52,54-55,86-88,92-93H,4-7,10,13-15,22-24,31-33,38-39,42-43,45,47-49,51,53,56-85H2,1-3H3,(H,97,98)(H,99,100)/b11-8-,12-9-,19-16-,20-17-,21-18-,28-25-,29-26-,30-27-,36-34-,37-35-,41-40-,46-44-,54-52-,55-50-. The number of unbranched alkanes of at least 4 members (excludes halogenated alkanes) is 28. The molecule has 0 bridgehead atoms. The maximum Gasteiger partial charge on any atom is 0.472 e. The molecule has 0 fully saturated rings. The number of allylic oxidation sites excluding steroid dienone is 28. The van der Waals surface area contributed by atoms with Crippen LogP contribution in [0.1, 0.15) is 329 Å². The molecule has 0 aliphatic rings. The minimum Gasteiger partial charge on any atom is -0.463 e. The van der Waals surface area contributed by atoms with Gasteiger partial charge in [0.2, 0.25) is 0 Å². The van der Waals surface area contributed by atoms with Crippen LogP contribution in [0.15, 0.2) is 170 Å². The maximum atomic E-state index is 13.0. The minimum atomic E-state index is -4.95. The predicted octanol–water partition coefficient (Wildman–Crippen LogP) is 25.5. The Morgan fingerprint density at radius 3 is 0.771 bits per heavy atom. The lowest BCUT2D eigenvalue weighted by molar-refractivity contribution is -0.161. The van der Waals surface area contributed by atoms with Gasteiger partial charge in [0.15, 0.2) is 6.10 Å². The van der Waals surface area contributed by atoms with Crippen LogP contribution >= 0.6 is 15.6 Å². The Morgan fingerprint density at radius 1 is 0.266 bits per heavy atom. The lowest BCUT2D eigenvalue weighted by Crippen LogP contribution is -2.30. The van der Waals surface area contributed by atoms with Crippen LogP contribution in [0.4, 0.5) is 0 Å². The van der Waals surface area contributed by atoms with Gasteiger partial charge in [0.1, 0.15) is 25.4 Å². The normalized spacial score (nSPS) is 14.7. The van der Waals surface area contributed by atoms with E-state index in [0.717, 1.165) is 186 Å². The van der Waals surface area contributed by atoms with Crippen molar-refractivity contribution in [3.8, 4) is 0 Å². The van der Waals surface area contributed by atoms with Crippen LogP contribution in [0.25, 0.3) is 0 Å². The summed E-state index contributed by atoms with van der Waals surface area (Å²) in [5.74, 6) is -1.61. The smallest absolute Gasteiger partial charge is 0.463 e. The number of phosphoric acid groups is 2. The monoisotopic (exact) mass is 1560 g/mol. The number of carbonyl (C=O) groups is 3. The van der Waals surface area contributed by atoms with Crippen molar-refractivity contribution in [3.05, 3.63) is 170 Å². The molecule has 0 rings (SSSR count). The summed E-state index contributed by atoms with van der Waals surface area (Å²) in [5.41, 5.74) is 0. The van der Waals surface area contributed by atoms with Crippen molar-refractivity contribution in [2.45, 2.75) is 347 Å². The molecule has 0 saturated heterocycles. The van der Waals surface area contributed by atoms with Crippen molar-refractivity contribution >= 4 is 33.6 Å². The van der Waals surface area contributed by atoms with Crippen molar-refractivity contribution in [1.29, 1.82) is 0 Å². The highest BCUT2D eigenvalue weighted by Gasteiger charge is 2.29. The highest BCUT2D eigenvalue weighted by Crippen LogP contribution is 2.45. The largest absolute Gasteiger partial charge is 0.472 e. The average Bonchev–Trinajstić information content (AvgIpc) is 0.906. The first-order valence-corrected chi connectivity index (χ1v) is 45.4. The van der Waals surface area contributed by atoms with E-state index in [1.54, 1.807) is 0 Å². The van der Waals surface area contributed by atoms with Crippen LogP contribution in [-0.2, 0) is 55.8 Å². The zero-order valence-corrected chi connectivity index (χ0v) is 70.0. The number of carbonyl (C=O) groups excluding carboxylic acids is 3. The van der Waals surface area contributed by atoms with Gasteiger partial charge in [-0.1, -0.05) is 326 Å². The third-order valence-corrected chi connectivity index (χ3v) is 19.3. The van der Waals surface area contributed by atoms with Gasteiger partial charge in [0.25, 0.3) is 0 Å².